The van der Waals surface area contributed by atoms with Crippen molar-refractivity contribution in [2.45, 2.75) is 6.92 Å². The van der Waals surface area contributed by atoms with Crippen LogP contribution in [0.3, 0.4) is 0 Å². The van der Waals surface area contributed by atoms with Crippen LogP contribution >= 0.6 is 31.9 Å². The molecule has 108 valence electrons. The Bertz CT molecular complexity index is 712. The van der Waals surface area contributed by atoms with E-state index >= 15 is 0 Å². The van der Waals surface area contributed by atoms with Gasteiger partial charge in [-0.1, -0.05) is 31.9 Å². The summed E-state index contributed by atoms with van der Waals surface area (Å²) in [6, 6.07) is 9.72. The molecule has 0 unspecified atom stereocenters. The van der Waals surface area contributed by atoms with Crippen LogP contribution in [-0.4, -0.2) is 10.8 Å². The Kier molecular flexibility index (Phi) is 4.74. The maximum Gasteiger partial charge on any atom is 0.293 e. The van der Waals surface area contributed by atoms with Gasteiger partial charge < -0.3 is 5.32 Å². The number of nitro groups is 1. The van der Waals surface area contributed by atoms with Crippen LogP contribution in [0.5, 0.6) is 0 Å². The lowest BCUT2D eigenvalue weighted by Crippen LogP contribution is -2.13. The molecule has 0 aliphatic rings. The normalized spacial score (nSPS) is 10.2. The average Bonchev–Trinajstić information content (AvgIpc) is 2.39. The van der Waals surface area contributed by atoms with Gasteiger partial charge in [-0.05, 0) is 42.8 Å². The van der Waals surface area contributed by atoms with Gasteiger partial charge in [0.2, 0.25) is 0 Å². The quantitative estimate of drug-likeness (QED) is 0.586. The molecule has 1 N–H and O–H groups in total. The highest BCUT2D eigenvalue weighted by atomic mass is 79.9. The van der Waals surface area contributed by atoms with Gasteiger partial charge in [0.05, 0.1) is 4.92 Å². The number of aryl methyl sites for hydroxylation is 1. The summed E-state index contributed by atoms with van der Waals surface area (Å²) in [5.74, 6) is -0.398. The minimum Gasteiger partial charge on any atom is -0.316 e. The number of hydrogen-bond donors (Lipinski definition) is 1. The number of carbonyl (C=O) groups excluding carboxylic acids is 1. The summed E-state index contributed by atoms with van der Waals surface area (Å²) in [6.07, 6.45) is 0. The zero-order chi connectivity index (χ0) is 15.6. The van der Waals surface area contributed by atoms with Crippen molar-refractivity contribution in [2.24, 2.45) is 0 Å². The first kappa shape index (κ1) is 15.7. The van der Waals surface area contributed by atoms with E-state index in [9.17, 15) is 14.9 Å². The first-order chi connectivity index (χ1) is 9.86. The van der Waals surface area contributed by atoms with E-state index in [4.69, 9.17) is 0 Å². The fourth-order valence-electron chi connectivity index (χ4n) is 1.82. The third-order valence-electron chi connectivity index (χ3n) is 2.71. The molecule has 0 bridgehead atoms. The summed E-state index contributed by atoms with van der Waals surface area (Å²) in [7, 11) is 0. The highest BCUT2D eigenvalue weighted by Gasteiger charge is 2.17. The van der Waals surface area contributed by atoms with Crippen molar-refractivity contribution in [1.82, 2.24) is 0 Å². The summed E-state index contributed by atoms with van der Waals surface area (Å²) in [5, 5.41) is 13.6. The monoisotopic (exact) mass is 412 g/mol. The summed E-state index contributed by atoms with van der Waals surface area (Å²) in [4.78, 5) is 22.7. The lowest BCUT2D eigenvalue weighted by molar-refractivity contribution is -0.384. The van der Waals surface area contributed by atoms with E-state index in [1.807, 2.05) is 13.0 Å². The first-order valence-corrected chi connectivity index (χ1v) is 7.48. The molecule has 0 fully saturated rings. The Hall–Kier alpha value is -1.73. The molecule has 0 spiro atoms. The highest BCUT2D eigenvalue weighted by Crippen LogP contribution is 2.28. The number of anilines is 1. The van der Waals surface area contributed by atoms with Crippen LogP contribution in [0.15, 0.2) is 45.3 Å². The molecule has 7 heteroatoms. The third kappa shape index (κ3) is 3.89. The molecule has 0 heterocycles. The van der Waals surface area contributed by atoms with Crippen molar-refractivity contribution in [3.63, 3.8) is 0 Å². The standard InChI is InChI=1S/C14H10Br2N2O3/c1-8-4-9(6-11(16)5-8)14(19)17-12-3-2-10(15)7-13(12)18(20)21/h2-7H,1H3,(H,17,19). The Balaban J connectivity index is 2.33. The molecule has 0 saturated carbocycles. The van der Waals surface area contributed by atoms with Gasteiger partial charge in [-0.3, -0.25) is 14.9 Å². The second kappa shape index (κ2) is 6.36. The molecular formula is C14H10Br2N2O3. The van der Waals surface area contributed by atoms with E-state index in [2.05, 4.69) is 37.2 Å². The Morgan fingerprint density at radius 2 is 1.86 bits per heavy atom. The van der Waals surface area contributed by atoms with E-state index in [1.54, 1.807) is 18.2 Å². The van der Waals surface area contributed by atoms with Gasteiger partial charge in [-0.2, -0.15) is 0 Å². The van der Waals surface area contributed by atoms with Crippen molar-refractivity contribution < 1.29 is 9.72 Å². The largest absolute Gasteiger partial charge is 0.316 e. The van der Waals surface area contributed by atoms with Crippen LogP contribution in [0, 0.1) is 17.0 Å². The summed E-state index contributed by atoms with van der Waals surface area (Å²) in [5.41, 5.74) is 1.34. The summed E-state index contributed by atoms with van der Waals surface area (Å²) < 4.78 is 1.35. The van der Waals surface area contributed by atoms with Gasteiger partial charge >= 0.3 is 0 Å². The fraction of sp³-hybridized carbons (Fsp3) is 0.0714. The van der Waals surface area contributed by atoms with Crippen molar-refractivity contribution in [2.75, 3.05) is 5.32 Å². The molecule has 1 amide bonds. The number of nitrogens with one attached hydrogen (secondary N) is 1. The SMILES string of the molecule is Cc1cc(Br)cc(C(=O)Nc2ccc(Br)cc2[N+](=O)[O-])c1. The third-order valence-corrected chi connectivity index (χ3v) is 3.66. The van der Waals surface area contributed by atoms with E-state index in [-0.39, 0.29) is 11.4 Å². The molecule has 0 saturated heterocycles. The number of nitrogens with zero attached hydrogens (tertiary/aromatic N) is 1. The van der Waals surface area contributed by atoms with Crippen molar-refractivity contribution in [3.05, 3.63) is 66.6 Å². The molecule has 21 heavy (non-hydrogen) atoms. The maximum atomic E-state index is 12.2. The molecule has 0 radical (unpaired) electrons. The molecule has 0 atom stereocenters. The van der Waals surface area contributed by atoms with Crippen LogP contribution in [0.4, 0.5) is 11.4 Å². The Morgan fingerprint density at radius 3 is 2.48 bits per heavy atom. The predicted octanol–water partition coefficient (Wildman–Crippen LogP) is 4.68. The summed E-state index contributed by atoms with van der Waals surface area (Å²) >= 11 is 6.49. The molecule has 2 aromatic carbocycles. The van der Waals surface area contributed by atoms with Crippen LogP contribution in [0.25, 0.3) is 0 Å². The second-order valence-corrected chi connectivity index (χ2v) is 6.22. The molecule has 0 aliphatic carbocycles. The number of carbonyl (C=O) groups is 1. The lowest BCUT2D eigenvalue weighted by atomic mass is 10.1. The van der Waals surface area contributed by atoms with Gasteiger partial charge in [-0.15, -0.1) is 0 Å². The van der Waals surface area contributed by atoms with Crippen LogP contribution in [0.2, 0.25) is 0 Å². The second-order valence-electron chi connectivity index (χ2n) is 4.39. The molecule has 5 nitrogen and oxygen atoms in total. The number of amides is 1. The predicted molar refractivity (Wildman–Crippen MR) is 87.6 cm³/mol. The average molecular weight is 414 g/mol. The van der Waals surface area contributed by atoms with Gasteiger partial charge in [-0.25, -0.2) is 0 Å². The van der Waals surface area contributed by atoms with Gasteiger partial charge in [0.25, 0.3) is 11.6 Å². The lowest BCUT2D eigenvalue weighted by Gasteiger charge is -2.07. The zero-order valence-electron chi connectivity index (χ0n) is 10.9. The number of halogens is 2. The van der Waals surface area contributed by atoms with Crippen molar-refractivity contribution >= 4 is 49.1 Å². The smallest absolute Gasteiger partial charge is 0.293 e. The number of benzene rings is 2. The minimum atomic E-state index is -0.535. The zero-order valence-corrected chi connectivity index (χ0v) is 14.1. The molecule has 0 aromatic heterocycles. The number of hydrogen-bond acceptors (Lipinski definition) is 3. The molecule has 2 rings (SSSR count). The van der Waals surface area contributed by atoms with Gasteiger partial charge in [0.1, 0.15) is 5.69 Å². The van der Waals surface area contributed by atoms with E-state index < -0.39 is 10.8 Å². The molecular weight excluding hydrogens is 404 g/mol. The van der Waals surface area contributed by atoms with Crippen LogP contribution < -0.4 is 5.32 Å². The van der Waals surface area contributed by atoms with E-state index in [0.29, 0.717) is 10.0 Å². The topological polar surface area (TPSA) is 72.2 Å². The first-order valence-electron chi connectivity index (χ1n) is 5.89. The van der Waals surface area contributed by atoms with E-state index in [0.717, 1.165) is 10.0 Å². The minimum absolute atomic E-state index is 0.158. The number of nitro benzene ring substituents is 1. The maximum absolute atomic E-state index is 12.2. The van der Waals surface area contributed by atoms with E-state index in [1.165, 1.54) is 12.1 Å². The van der Waals surface area contributed by atoms with Crippen molar-refractivity contribution in [1.29, 1.82) is 0 Å². The Labute approximate surface area is 137 Å². The van der Waals surface area contributed by atoms with Gasteiger partial charge in [0, 0.05) is 20.6 Å². The van der Waals surface area contributed by atoms with Crippen LogP contribution in [-0.2, 0) is 0 Å². The van der Waals surface area contributed by atoms with Crippen LogP contribution in [0.1, 0.15) is 15.9 Å². The van der Waals surface area contributed by atoms with Crippen molar-refractivity contribution in [3.8, 4) is 0 Å². The number of rotatable bonds is 3. The molecule has 0 aliphatic heterocycles. The Morgan fingerprint density at radius 1 is 1.14 bits per heavy atom. The molecule has 2 aromatic rings. The van der Waals surface area contributed by atoms with Gasteiger partial charge in [0.15, 0.2) is 0 Å². The highest BCUT2D eigenvalue weighted by molar-refractivity contribution is 9.10. The summed E-state index contributed by atoms with van der Waals surface area (Å²) in [6.45, 7) is 1.86. The fourth-order valence-corrected chi connectivity index (χ4v) is 2.78.